The van der Waals surface area contributed by atoms with E-state index < -0.39 is 5.54 Å². The number of thiophene rings is 1. The van der Waals surface area contributed by atoms with Crippen LogP contribution in [0.4, 0.5) is 0 Å². The summed E-state index contributed by atoms with van der Waals surface area (Å²) in [7, 11) is 0. The van der Waals surface area contributed by atoms with Crippen LogP contribution in [-0.4, -0.2) is 15.1 Å². The van der Waals surface area contributed by atoms with Crippen LogP contribution < -0.4 is 5.73 Å². The summed E-state index contributed by atoms with van der Waals surface area (Å²) in [5, 5.41) is 8.03. The summed E-state index contributed by atoms with van der Waals surface area (Å²) in [6, 6.07) is 1.99. The summed E-state index contributed by atoms with van der Waals surface area (Å²) >= 11 is 1.61. The van der Waals surface area contributed by atoms with E-state index in [-0.39, 0.29) is 0 Å². The maximum atomic E-state index is 6.21. The van der Waals surface area contributed by atoms with Crippen LogP contribution in [0.3, 0.4) is 0 Å². The van der Waals surface area contributed by atoms with E-state index >= 15 is 0 Å². The van der Waals surface area contributed by atoms with Crippen LogP contribution in [0.5, 0.6) is 0 Å². The third kappa shape index (κ3) is 2.26. The predicted molar refractivity (Wildman–Crippen MR) is 81.4 cm³/mol. The average molecular weight is 316 g/mol. The SMILES string of the molecule is Cc1oc(-c2ccsc2)nc1Cc1nc(C2(N)CCC2)no1. The van der Waals surface area contributed by atoms with E-state index in [0.29, 0.717) is 24.0 Å². The van der Waals surface area contributed by atoms with Crippen LogP contribution in [0.1, 0.15) is 42.4 Å². The van der Waals surface area contributed by atoms with E-state index in [1.807, 2.05) is 23.8 Å². The summed E-state index contributed by atoms with van der Waals surface area (Å²) in [5.41, 5.74) is 7.61. The van der Waals surface area contributed by atoms with Crippen LogP contribution >= 0.6 is 11.3 Å². The molecule has 0 unspecified atom stereocenters. The summed E-state index contributed by atoms with van der Waals surface area (Å²) in [6.45, 7) is 1.89. The normalized spacial score (nSPS) is 16.6. The topological polar surface area (TPSA) is 91.0 Å². The molecule has 0 aliphatic heterocycles. The van der Waals surface area contributed by atoms with Gasteiger partial charge in [-0.15, -0.1) is 0 Å². The highest BCUT2D eigenvalue weighted by Crippen LogP contribution is 2.37. The van der Waals surface area contributed by atoms with Gasteiger partial charge in [0.25, 0.3) is 0 Å². The molecule has 3 aromatic heterocycles. The smallest absolute Gasteiger partial charge is 0.232 e. The molecule has 3 aromatic rings. The first-order valence-corrected chi connectivity index (χ1v) is 8.19. The largest absolute Gasteiger partial charge is 0.441 e. The van der Waals surface area contributed by atoms with Gasteiger partial charge in [0.15, 0.2) is 5.82 Å². The molecular formula is C15H16N4O2S. The molecule has 0 radical (unpaired) electrons. The lowest BCUT2D eigenvalue weighted by atomic mass is 9.77. The van der Waals surface area contributed by atoms with Gasteiger partial charge in [-0.25, -0.2) is 4.98 Å². The molecule has 7 heteroatoms. The maximum Gasteiger partial charge on any atom is 0.232 e. The van der Waals surface area contributed by atoms with E-state index in [9.17, 15) is 0 Å². The average Bonchev–Trinajstić information content (AvgIpc) is 3.18. The number of hydrogen-bond acceptors (Lipinski definition) is 7. The zero-order valence-electron chi connectivity index (χ0n) is 12.2. The molecule has 1 saturated carbocycles. The fraction of sp³-hybridized carbons (Fsp3) is 0.400. The Kier molecular flexibility index (Phi) is 3.12. The van der Waals surface area contributed by atoms with Gasteiger partial charge in [0.05, 0.1) is 17.7 Å². The maximum absolute atomic E-state index is 6.21. The molecule has 6 nitrogen and oxygen atoms in total. The van der Waals surface area contributed by atoms with Crippen molar-refractivity contribution < 1.29 is 8.94 Å². The monoisotopic (exact) mass is 316 g/mol. The zero-order chi connectivity index (χ0) is 15.2. The Morgan fingerprint density at radius 1 is 1.36 bits per heavy atom. The highest BCUT2D eigenvalue weighted by molar-refractivity contribution is 7.08. The molecule has 1 aliphatic rings. The van der Waals surface area contributed by atoms with Crippen molar-refractivity contribution >= 4 is 11.3 Å². The van der Waals surface area contributed by atoms with E-state index in [1.165, 1.54) is 0 Å². The first-order valence-electron chi connectivity index (χ1n) is 7.25. The minimum Gasteiger partial charge on any atom is -0.441 e. The van der Waals surface area contributed by atoms with Crippen LogP contribution in [0.2, 0.25) is 0 Å². The number of nitrogens with two attached hydrogens (primary N) is 1. The number of aryl methyl sites for hydroxylation is 1. The Labute approximate surface area is 131 Å². The number of aromatic nitrogens is 3. The third-order valence-electron chi connectivity index (χ3n) is 4.14. The molecule has 22 heavy (non-hydrogen) atoms. The highest BCUT2D eigenvalue weighted by Gasteiger charge is 2.39. The van der Waals surface area contributed by atoms with Crippen molar-refractivity contribution in [1.82, 2.24) is 15.1 Å². The van der Waals surface area contributed by atoms with Gasteiger partial charge in [-0.1, -0.05) is 5.16 Å². The van der Waals surface area contributed by atoms with Crippen molar-refractivity contribution in [2.75, 3.05) is 0 Å². The summed E-state index contributed by atoms with van der Waals surface area (Å²) in [6.07, 6.45) is 3.41. The second-order valence-electron chi connectivity index (χ2n) is 5.73. The van der Waals surface area contributed by atoms with Crippen LogP contribution in [0.15, 0.2) is 25.8 Å². The molecule has 0 amide bonds. The second-order valence-corrected chi connectivity index (χ2v) is 6.51. The van der Waals surface area contributed by atoms with Gasteiger partial charge in [-0.05, 0) is 37.6 Å². The van der Waals surface area contributed by atoms with Crippen molar-refractivity contribution in [3.05, 3.63) is 40.0 Å². The lowest BCUT2D eigenvalue weighted by Crippen LogP contribution is -2.44. The van der Waals surface area contributed by atoms with Crippen molar-refractivity contribution in [2.24, 2.45) is 5.73 Å². The van der Waals surface area contributed by atoms with Gasteiger partial charge < -0.3 is 14.7 Å². The zero-order valence-corrected chi connectivity index (χ0v) is 13.0. The van der Waals surface area contributed by atoms with Gasteiger partial charge >= 0.3 is 0 Å². The Morgan fingerprint density at radius 3 is 2.91 bits per heavy atom. The van der Waals surface area contributed by atoms with E-state index in [0.717, 1.165) is 36.3 Å². The van der Waals surface area contributed by atoms with Crippen molar-refractivity contribution in [3.8, 4) is 11.5 Å². The Hall–Kier alpha value is -1.99. The highest BCUT2D eigenvalue weighted by atomic mass is 32.1. The second kappa shape index (κ2) is 5.03. The van der Waals surface area contributed by atoms with E-state index in [2.05, 4.69) is 15.1 Å². The molecule has 0 atom stereocenters. The molecule has 114 valence electrons. The molecule has 0 aromatic carbocycles. The Morgan fingerprint density at radius 2 is 2.23 bits per heavy atom. The molecular weight excluding hydrogens is 300 g/mol. The predicted octanol–water partition coefficient (Wildman–Crippen LogP) is 3.02. The van der Waals surface area contributed by atoms with Gasteiger partial charge in [-0.2, -0.15) is 16.3 Å². The molecule has 1 fully saturated rings. The third-order valence-corrected chi connectivity index (χ3v) is 4.82. The van der Waals surface area contributed by atoms with Crippen molar-refractivity contribution in [3.63, 3.8) is 0 Å². The molecule has 0 saturated heterocycles. The summed E-state index contributed by atoms with van der Waals surface area (Å²) in [5.74, 6) is 2.53. The Balaban J connectivity index is 1.56. The van der Waals surface area contributed by atoms with Crippen LogP contribution in [0, 0.1) is 6.92 Å². The number of nitrogens with zero attached hydrogens (tertiary/aromatic N) is 3. The molecule has 2 N–H and O–H groups in total. The molecule has 4 rings (SSSR count). The van der Waals surface area contributed by atoms with E-state index in [1.54, 1.807) is 11.3 Å². The minimum absolute atomic E-state index is 0.400. The summed E-state index contributed by atoms with van der Waals surface area (Å²) < 4.78 is 11.0. The quantitative estimate of drug-likeness (QED) is 0.795. The molecule has 0 bridgehead atoms. The first-order chi connectivity index (χ1) is 10.6. The number of hydrogen-bond donors (Lipinski definition) is 1. The minimum atomic E-state index is -0.400. The lowest BCUT2D eigenvalue weighted by Gasteiger charge is -2.34. The molecule has 1 aliphatic carbocycles. The Bertz CT molecular complexity index is 786. The fourth-order valence-electron chi connectivity index (χ4n) is 2.56. The van der Waals surface area contributed by atoms with Crippen LogP contribution in [-0.2, 0) is 12.0 Å². The van der Waals surface area contributed by atoms with Gasteiger partial charge in [0.1, 0.15) is 5.76 Å². The van der Waals surface area contributed by atoms with Gasteiger partial charge in [0, 0.05) is 10.9 Å². The van der Waals surface area contributed by atoms with Crippen molar-refractivity contribution in [2.45, 2.75) is 38.1 Å². The molecule has 3 heterocycles. The molecule has 0 spiro atoms. The number of rotatable bonds is 4. The first kappa shape index (κ1) is 13.7. The van der Waals surface area contributed by atoms with Crippen molar-refractivity contribution in [1.29, 1.82) is 0 Å². The van der Waals surface area contributed by atoms with E-state index in [4.69, 9.17) is 14.7 Å². The van der Waals surface area contributed by atoms with Crippen LogP contribution in [0.25, 0.3) is 11.5 Å². The van der Waals surface area contributed by atoms with Gasteiger partial charge in [0.2, 0.25) is 11.8 Å². The summed E-state index contributed by atoms with van der Waals surface area (Å²) in [4.78, 5) is 8.96. The lowest BCUT2D eigenvalue weighted by molar-refractivity contribution is 0.229. The van der Waals surface area contributed by atoms with Gasteiger partial charge in [-0.3, -0.25) is 0 Å². The fourth-order valence-corrected chi connectivity index (χ4v) is 3.18. The number of oxazole rings is 1. The standard InChI is InChI=1S/C15H16N4O2S/c1-9-11(17-13(20-9)10-3-6-22-8-10)7-12-18-14(19-21-12)15(16)4-2-5-15/h3,6,8H,2,4-5,7,16H2,1H3.